The van der Waals surface area contributed by atoms with Crippen LogP contribution in [-0.4, -0.2) is 28.9 Å². The van der Waals surface area contributed by atoms with Crippen molar-refractivity contribution >= 4 is 44.1 Å². The quantitative estimate of drug-likeness (QED) is 0.700. The van der Waals surface area contributed by atoms with E-state index in [0.717, 1.165) is 40.6 Å². The molecule has 3 heterocycles. The number of thiophene rings is 1. The highest BCUT2D eigenvalue weighted by Crippen LogP contribution is 2.36. The molecule has 5 heteroatoms. The molecule has 1 fully saturated rings. The largest absolute Gasteiger partial charge is 0.397 e. The molecule has 25 heavy (non-hydrogen) atoms. The molecular weight excluding hydrogens is 330 g/mol. The van der Waals surface area contributed by atoms with Crippen LogP contribution in [0.1, 0.15) is 40.6 Å². The van der Waals surface area contributed by atoms with Crippen molar-refractivity contribution in [3.8, 4) is 0 Å². The highest BCUT2D eigenvalue weighted by atomic mass is 32.1. The normalized spacial score (nSPS) is 18.2. The van der Waals surface area contributed by atoms with Crippen molar-refractivity contribution in [2.75, 3.05) is 18.8 Å². The summed E-state index contributed by atoms with van der Waals surface area (Å²) in [5.41, 5.74) is 10.4. The molecule has 2 aromatic heterocycles. The number of nitrogens with two attached hydrogens (primary N) is 1. The first kappa shape index (κ1) is 16.3. The minimum atomic E-state index is 0.0588. The van der Waals surface area contributed by atoms with E-state index in [2.05, 4.69) is 39.0 Å². The molecular formula is C20H23N3OS. The average molecular weight is 353 g/mol. The number of hydrogen-bond acceptors (Lipinski definition) is 4. The lowest BCUT2D eigenvalue weighted by Crippen LogP contribution is -2.38. The fourth-order valence-electron chi connectivity index (χ4n) is 3.64. The molecule has 0 saturated carbocycles. The van der Waals surface area contributed by atoms with Gasteiger partial charge in [0.05, 0.1) is 11.2 Å². The van der Waals surface area contributed by atoms with Crippen LogP contribution in [0, 0.1) is 19.8 Å². The van der Waals surface area contributed by atoms with E-state index in [1.807, 2.05) is 4.90 Å². The Bertz CT molecular complexity index is 992. The number of rotatable bonds is 1. The maximum absolute atomic E-state index is 13.0. The van der Waals surface area contributed by atoms with Crippen LogP contribution < -0.4 is 5.73 Å². The lowest BCUT2D eigenvalue weighted by molar-refractivity contribution is 0.0689. The van der Waals surface area contributed by atoms with Crippen LogP contribution in [0.15, 0.2) is 18.2 Å². The number of carbonyl (C=O) groups is 1. The van der Waals surface area contributed by atoms with Crippen LogP contribution >= 0.6 is 11.3 Å². The summed E-state index contributed by atoms with van der Waals surface area (Å²) in [6, 6.07) is 6.32. The Hall–Kier alpha value is -2.14. The van der Waals surface area contributed by atoms with Crippen molar-refractivity contribution in [3.63, 3.8) is 0 Å². The highest BCUT2D eigenvalue weighted by Gasteiger charge is 2.26. The van der Waals surface area contributed by atoms with Gasteiger partial charge in [-0.1, -0.05) is 6.92 Å². The summed E-state index contributed by atoms with van der Waals surface area (Å²) in [6.45, 7) is 8.04. The van der Waals surface area contributed by atoms with Crippen LogP contribution in [0.25, 0.3) is 21.1 Å². The smallest absolute Gasteiger partial charge is 0.266 e. The van der Waals surface area contributed by atoms with Gasteiger partial charge >= 0.3 is 0 Å². The van der Waals surface area contributed by atoms with Crippen molar-refractivity contribution < 1.29 is 4.79 Å². The SMILES string of the molecule is Cc1cc2cc3c(N)c(C(=O)N4CCCC(C)C4)sc3nc2cc1C. The van der Waals surface area contributed by atoms with E-state index >= 15 is 0 Å². The van der Waals surface area contributed by atoms with E-state index in [0.29, 0.717) is 16.5 Å². The number of anilines is 1. The first-order valence-corrected chi connectivity index (χ1v) is 9.65. The molecule has 1 aliphatic heterocycles. The van der Waals surface area contributed by atoms with Gasteiger partial charge in [0.15, 0.2) is 0 Å². The zero-order valence-corrected chi connectivity index (χ0v) is 15.7. The molecule has 1 aliphatic rings. The Morgan fingerprint density at radius 2 is 2.04 bits per heavy atom. The maximum atomic E-state index is 13.0. The second-order valence-corrected chi connectivity index (χ2v) is 8.31. The van der Waals surface area contributed by atoms with Crippen molar-refractivity contribution in [1.29, 1.82) is 0 Å². The Balaban J connectivity index is 1.81. The number of benzene rings is 1. The highest BCUT2D eigenvalue weighted by molar-refractivity contribution is 7.21. The minimum absolute atomic E-state index is 0.0588. The summed E-state index contributed by atoms with van der Waals surface area (Å²) in [6.07, 6.45) is 2.26. The van der Waals surface area contributed by atoms with Crippen molar-refractivity contribution in [2.45, 2.75) is 33.6 Å². The maximum Gasteiger partial charge on any atom is 0.266 e. The van der Waals surface area contributed by atoms with E-state index < -0.39 is 0 Å². The number of carbonyl (C=O) groups excluding carboxylic acids is 1. The molecule has 1 aromatic carbocycles. The number of aryl methyl sites for hydroxylation is 2. The van der Waals surface area contributed by atoms with Gasteiger partial charge in [0, 0.05) is 23.9 Å². The Labute approximate surface area is 151 Å². The number of hydrogen-bond donors (Lipinski definition) is 1. The molecule has 0 radical (unpaired) electrons. The van der Waals surface area contributed by atoms with E-state index in [4.69, 9.17) is 10.7 Å². The van der Waals surface area contributed by atoms with Gasteiger partial charge in [-0.15, -0.1) is 11.3 Å². The average Bonchev–Trinajstić information content (AvgIpc) is 2.90. The molecule has 130 valence electrons. The van der Waals surface area contributed by atoms with Crippen LogP contribution in [0.4, 0.5) is 5.69 Å². The zero-order chi connectivity index (χ0) is 17.7. The van der Waals surface area contributed by atoms with Crippen LogP contribution in [0.2, 0.25) is 0 Å². The molecule has 3 aromatic rings. The van der Waals surface area contributed by atoms with E-state index in [1.165, 1.54) is 28.9 Å². The van der Waals surface area contributed by atoms with E-state index in [-0.39, 0.29) is 5.91 Å². The first-order chi connectivity index (χ1) is 11.9. The Morgan fingerprint density at radius 3 is 2.80 bits per heavy atom. The summed E-state index contributed by atoms with van der Waals surface area (Å²) >= 11 is 1.42. The van der Waals surface area contributed by atoms with Crippen molar-refractivity contribution in [3.05, 3.63) is 34.2 Å². The second-order valence-electron chi connectivity index (χ2n) is 7.31. The van der Waals surface area contributed by atoms with Gasteiger partial charge in [0.25, 0.3) is 5.91 Å². The lowest BCUT2D eigenvalue weighted by Gasteiger charge is -2.30. The monoisotopic (exact) mass is 353 g/mol. The molecule has 1 unspecified atom stereocenters. The number of piperidine rings is 1. The third kappa shape index (κ3) is 2.76. The van der Waals surface area contributed by atoms with Gasteiger partial charge < -0.3 is 10.6 Å². The molecule has 0 aliphatic carbocycles. The fourth-order valence-corrected chi connectivity index (χ4v) is 4.70. The van der Waals surface area contributed by atoms with Gasteiger partial charge in [0.2, 0.25) is 0 Å². The lowest BCUT2D eigenvalue weighted by atomic mass is 10.00. The molecule has 4 nitrogen and oxygen atoms in total. The number of fused-ring (bicyclic) bond motifs is 2. The number of nitrogens with zero attached hydrogens (tertiary/aromatic N) is 2. The number of pyridine rings is 1. The minimum Gasteiger partial charge on any atom is -0.397 e. The van der Waals surface area contributed by atoms with Crippen molar-refractivity contribution in [2.24, 2.45) is 5.92 Å². The molecule has 4 rings (SSSR count). The van der Waals surface area contributed by atoms with Crippen LogP contribution in [0.5, 0.6) is 0 Å². The first-order valence-electron chi connectivity index (χ1n) is 8.83. The molecule has 0 bridgehead atoms. The number of aromatic nitrogens is 1. The molecule has 2 N–H and O–H groups in total. The van der Waals surface area contributed by atoms with Crippen LogP contribution in [0.3, 0.4) is 0 Å². The zero-order valence-electron chi connectivity index (χ0n) is 14.9. The van der Waals surface area contributed by atoms with Crippen LogP contribution in [-0.2, 0) is 0 Å². The van der Waals surface area contributed by atoms with Gasteiger partial charge in [0.1, 0.15) is 9.71 Å². The second kappa shape index (κ2) is 5.99. The molecule has 1 amide bonds. The van der Waals surface area contributed by atoms with Gasteiger partial charge in [-0.3, -0.25) is 4.79 Å². The fraction of sp³-hybridized carbons (Fsp3) is 0.400. The molecule has 1 saturated heterocycles. The third-order valence-corrected chi connectivity index (χ3v) is 6.37. The third-order valence-electron chi connectivity index (χ3n) is 5.27. The number of likely N-dealkylation sites (tertiary alicyclic amines) is 1. The van der Waals surface area contributed by atoms with Gasteiger partial charge in [-0.2, -0.15) is 0 Å². The molecule has 1 atom stereocenters. The van der Waals surface area contributed by atoms with E-state index in [9.17, 15) is 4.79 Å². The predicted octanol–water partition coefficient (Wildman–Crippen LogP) is 4.52. The Morgan fingerprint density at radius 1 is 1.28 bits per heavy atom. The standard InChI is InChI=1S/C20H23N3OS/c1-11-5-4-6-23(10-11)20(24)18-17(21)15-9-14-7-12(2)13(3)8-16(14)22-19(15)25-18/h7-9,11H,4-6,10,21H2,1-3H3. The summed E-state index contributed by atoms with van der Waals surface area (Å²) in [7, 11) is 0. The topological polar surface area (TPSA) is 59.2 Å². The summed E-state index contributed by atoms with van der Waals surface area (Å²) in [4.78, 5) is 21.2. The number of nitrogen functional groups attached to an aromatic ring is 1. The number of amides is 1. The summed E-state index contributed by atoms with van der Waals surface area (Å²) < 4.78 is 0. The van der Waals surface area contributed by atoms with Gasteiger partial charge in [-0.25, -0.2) is 4.98 Å². The predicted molar refractivity (Wildman–Crippen MR) is 105 cm³/mol. The Kier molecular flexibility index (Phi) is 3.91. The van der Waals surface area contributed by atoms with Gasteiger partial charge in [-0.05, 0) is 61.9 Å². The van der Waals surface area contributed by atoms with E-state index in [1.54, 1.807) is 0 Å². The summed E-state index contributed by atoms with van der Waals surface area (Å²) in [5.74, 6) is 0.614. The molecule has 0 spiro atoms. The summed E-state index contributed by atoms with van der Waals surface area (Å²) in [5, 5.41) is 1.97. The van der Waals surface area contributed by atoms with Crippen molar-refractivity contribution in [1.82, 2.24) is 9.88 Å².